The molecule has 0 saturated carbocycles. The first-order chi connectivity index (χ1) is 15.3. The number of esters is 1. The van der Waals surface area contributed by atoms with Crippen molar-refractivity contribution in [2.45, 2.75) is 84.5 Å². The predicted molar refractivity (Wildman–Crippen MR) is 121 cm³/mol. The highest BCUT2D eigenvalue weighted by Crippen LogP contribution is 2.30. The van der Waals surface area contributed by atoms with E-state index in [0.717, 1.165) is 25.7 Å². The van der Waals surface area contributed by atoms with Gasteiger partial charge in [-0.1, -0.05) is 27.2 Å². The van der Waals surface area contributed by atoms with Crippen molar-refractivity contribution in [1.29, 1.82) is 0 Å². The Labute approximate surface area is 191 Å². The fraction of sp³-hybridized carbons (Fsp3) is 0.708. The molecule has 1 amide bonds. The second-order valence-corrected chi connectivity index (χ2v) is 8.85. The van der Waals surface area contributed by atoms with E-state index in [1.807, 2.05) is 6.92 Å². The van der Waals surface area contributed by atoms with Crippen molar-refractivity contribution >= 4 is 11.9 Å². The van der Waals surface area contributed by atoms with E-state index in [9.17, 15) is 14.7 Å². The molecule has 2 N–H and O–H groups in total. The number of pyridine rings is 1. The van der Waals surface area contributed by atoms with Crippen LogP contribution in [0.25, 0.3) is 0 Å². The first kappa shape index (κ1) is 25.9. The van der Waals surface area contributed by atoms with Crippen LogP contribution in [0.2, 0.25) is 0 Å². The molecule has 1 fully saturated rings. The van der Waals surface area contributed by atoms with Gasteiger partial charge in [0, 0.05) is 24.8 Å². The van der Waals surface area contributed by atoms with E-state index in [1.165, 1.54) is 19.4 Å². The molecule has 4 unspecified atom stereocenters. The number of hydrogen-bond donors (Lipinski definition) is 2. The van der Waals surface area contributed by atoms with Crippen molar-refractivity contribution in [1.82, 2.24) is 10.3 Å². The van der Waals surface area contributed by atoms with Crippen LogP contribution in [0, 0.1) is 11.8 Å². The van der Waals surface area contributed by atoms with E-state index < -0.39 is 17.9 Å². The minimum absolute atomic E-state index is 0.00930. The fourth-order valence-electron chi connectivity index (χ4n) is 4.06. The maximum atomic E-state index is 12.9. The quantitative estimate of drug-likeness (QED) is 0.550. The van der Waals surface area contributed by atoms with Crippen LogP contribution < -0.4 is 10.1 Å². The lowest BCUT2D eigenvalue weighted by Gasteiger charge is -2.31. The van der Waals surface area contributed by atoms with Crippen molar-refractivity contribution in [3.8, 4) is 11.5 Å². The molecule has 0 aromatic carbocycles. The minimum Gasteiger partial charge on any atom is -0.503 e. The minimum atomic E-state index is -0.826. The second kappa shape index (κ2) is 12.6. The van der Waals surface area contributed by atoms with E-state index in [2.05, 4.69) is 31.1 Å². The van der Waals surface area contributed by atoms with Crippen molar-refractivity contribution in [2.24, 2.45) is 11.8 Å². The maximum absolute atomic E-state index is 12.9. The summed E-state index contributed by atoms with van der Waals surface area (Å²) in [6.45, 7) is 9.02. The zero-order valence-corrected chi connectivity index (χ0v) is 19.9. The van der Waals surface area contributed by atoms with Crippen LogP contribution in [0.4, 0.5) is 0 Å². The number of carbonyl (C=O) groups is 2. The number of cyclic esters (lactones) is 1. The number of carbonyl (C=O) groups excluding carboxylic acids is 2. The van der Waals surface area contributed by atoms with Gasteiger partial charge in [-0.25, -0.2) is 9.78 Å². The normalized spacial score (nSPS) is 24.2. The SMILES string of the molecule is CCCOC1CCCC(NC(=O)c2nccc(OC)c2O)C(=O)OC(C)C1CCC(C)C. The maximum Gasteiger partial charge on any atom is 0.328 e. The Morgan fingerprint density at radius 3 is 2.78 bits per heavy atom. The molecule has 2 heterocycles. The molecule has 1 aromatic rings. The summed E-state index contributed by atoms with van der Waals surface area (Å²) in [5.74, 6) is -0.693. The van der Waals surface area contributed by atoms with Gasteiger partial charge >= 0.3 is 5.97 Å². The van der Waals surface area contributed by atoms with Crippen LogP contribution in [-0.2, 0) is 14.3 Å². The monoisotopic (exact) mass is 450 g/mol. The molecule has 2 rings (SSSR count). The van der Waals surface area contributed by atoms with Crippen LogP contribution in [-0.4, -0.2) is 53.9 Å². The number of nitrogens with zero attached hydrogens (tertiary/aromatic N) is 1. The molecular formula is C24H38N2O6. The van der Waals surface area contributed by atoms with Crippen molar-refractivity contribution in [3.63, 3.8) is 0 Å². The van der Waals surface area contributed by atoms with Crippen LogP contribution >= 0.6 is 0 Å². The van der Waals surface area contributed by atoms with Crippen molar-refractivity contribution in [2.75, 3.05) is 13.7 Å². The molecule has 0 bridgehead atoms. The third-order valence-corrected chi connectivity index (χ3v) is 5.89. The van der Waals surface area contributed by atoms with Gasteiger partial charge in [-0.2, -0.15) is 0 Å². The van der Waals surface area contributed by atoms with Gasteiger partial charge in [0.1, 0.15) is 12.1 Å². The number of methoxy groups -OCH3 is 1. The van der Waals surface area contributed by atoms with Gasteiger partial charge in [0.25, 0.3) is 5.91 Å². The molecule has 4 atom stereocenters. The van der Waals surface area contributed by atoms with Gasteiger partial charge in [0.15, 0.2) is 17.2 Å². The molecule has 8 nitrogen and oxygen atoms in total. The zero-order valence-electron chi connectivity index (χ0n) is 19.9. The molecule has 1 aliphatic heterocycles. The number of aromatic hydroxyl groups is 1. The number of ether oxygens (including phenoxy) is 3. The second-order valence-electron chi connectivity index (χ2n) is 8.85. The average molecular weight is 451 g/mol. The zero-order chi connectivity index (χ0) is 23.7. The van der Waals surface area contributed by atoms with Gasteiger partial charge in [0.2, 0.25) is 0 Å². The Balaban J connectivity index is 2.16. The van der Waals surface area contributed by atoms with E-state index >= 15 is 0 Å². The summed E-state index contributed by atoms with van der Waals surface area (Å²) in [4.78, 5) is 29.6. The molecule has 0 radical (unpaired) electrons. The molecule has 0 aliphatic carbocycles. The van der Waals surface area contributed by atoms with Gasteiger partial charge in [-0.3, -0.25) is 4.79 Å². The molecule has 1 aromatic heterocycles. The summed E-state index contributed by atoms with van der Waals surface area (Å²) in [6.07, 6.45) is 5.83. The number of hydrogen-bond acceptors (Lipinski definition) is 7. The lowest BCUT2D eigenvalue weighted by molar-refractivity contribution is -0.156. The number of aromatic nitrogens is 1. The molecule has 32 heavy (non-hydrogen) atoms. The number of rotatable bonds is 9. The number of nitrogens with one attached hydrogen (secondary N) is 1. The van der Waals surface area contributed by atoms with E-state index in [4.69, 9.17) is 14.2 Å². The highest BCUT2D eigenvalue weighted by molar-refractivity contribution is 5.97. The Morgan fingerprint density at radius 2 is 2.12 bits per heavy atom. The third kappa shape index (κ3) is 7.08. The van der Waals surface area contributed by atoms with Crippen LogP contribution in [0.1, 0.15) is 76.7 Å². The molecule has 0 spiro atoms. The molecule has 1 aliphatic rings. The highest BCUT2D eigenvalue weighted by Gasteiger charge is 2.35. The lowest BCUT2D eigenvalue weighted by atomic mass is 9.86. The molecule has 8 heteroatoms. The summed E-state index contributed by atoms with van der Waals surface area (Å²) >= 11 is 0. The number of amides is 1. The standard InChI is InChI=1S/C24H38N2O6/c1-6-14-31-19-9-7-8-18(24(29)32-16(4)17(19)11-10-15(2)3)26-23(28)21-22(27)20(30-5)12-13-25-21/h12-13,15-19,27H,6-11,14H2,1-5H3,(H,26,28). The van der Waals surface area contributed by atoms with E-state index in [0.29, 0.717) is 25.4 Å². The molecular weight excluding hydrogens is 412 g/mol. The van der Waals surface area contributed by atoms with E-state index in [-0.39, 0.29) is 35.3 Å². The van der Waals surface area contributed by atoms with E-state index in [1.54, 1.807) is 0 Å². The average Bonchev–Trinajstić information content (AvgIpc) is 2.80. The molecule has 180 valence electrons. The van der Waals surface area contributed by atoms with Crippen LogP contribution in [0.3, 0.4) is 0 Å². The summed E-state index contributed by atoms with van der Waals surface area (Å²) in [5.41, 5.74) is -0.191. The van der Waals surface area contributed by atoms with Crippen LogP contribution in [0.5, 0.6) is 11.5 Å². The van der Waals surface area contributed by atoms with Crippen molar-refractivity contribution in [3.05, 3.63) is 18.0 Å². The summed E-state index contributed by atoms with van der Waals surface area (Å²) in [5, 5.41) is 12.9. The summed E-state index contributed by atoms with van der Waals surface area (Å²) in [7, 11) is 1.39. The topological polar surface area (TPSA) is 107 Å². The first-order valence-corrected chi connectivity index (χ1v) is 11.6. The van der Waals surface area contributed by atoms with Gasteiger partial charge in [0.05, 0.1) is 13.2 Å². The highest BCUT2D eigenvalue weighted by atomic mass is 16.5. The Bertz CT molecular complexity index is 754. The fourth-order valence-corrected chi connectivity index (χ4v) is 4.06. The van der Waals surface area contributed by atoms with Gasteiger partial charge in [-0.05, 0) is 44.9 Å². The largest absolute Gasteiger partial charge is 0.503 e. The summed E-state index contributed by atoms with van der Waals surface area (Å²) < 4.78 is 17.0. The molecule has 1 saturated heterocycles. The van der Waals surface area contributed by atoms with Crippen LogP contribution in [0.15, 0.2) is 12.3 Å². The van der Waals surface area contributed by atoms with Gasteiger partial charge in [-0.15, -0.1) is 0 Å². The smallest absolute Gasteiger partial charge is 0.328 e. The Morgan fingerprint density at radius 1 is 1.38 bits per heavy atom. The summed E-state index contributed by atoms with van der Waals surface area (Å²) in [6, 6.07) is 0.628. The lowest BCUT2D eigenvalue weighted by Crippen LogP contribution is -2.43. The van der Waals surface area contributed by atoms with Gasteiger partial charge < -0.3 is 24.6 Å². The van der Waals surface area contributed by atoms with Crippen molar-refractivity contribution < 1.29 is 28.9 Å². The predicted octanol–water partition coefficient (Wildman–Crippen LogP) is 3.86. The Hall–Kier alpha value is -2.35. The first-order valence-electron chi connectivity index (χ1n) is 11.6. The Kier molecular flexibility index (Phi) is 10.2. The third-order valence-electron chi connectivity index (χ3n) is 5.89.